The van der Waals surface area contributed by atoms with Crippen molar-refractivity contribution in [2.75, 3.05) is 13.1 Å². The quantitative estimate of drug-likeness (QED) is 0.354. The molecular formula is C17H36N2O2. The molecule has 0 heterocycles. The second kappa shape index (κ2) is 14.3. The summed E-state index contributed by atoms with van der Waals surface area (Å²) in [6, 6.07) is 0. The van der Waals surface area contributed by atoms with Crippen molar-refractivity contribution in [3.63, 3.8) is 0 Å². The molecule has 0 bridgehead atoms. The number of hydrogen-bond donors (Lipinski definition) is 2. The van der Waals surface area contributed by atoms with E-state index in [0.29, 0.717) is 0 Å². The van der Waals surface area contributed by atoms with Gasteiger partial charge in [0.1, 0.15) is 0 Å². The first kappa shape index (κ1) is 20.4. The van der Waals surface area contributed by atoms with Gasteiger partial charge in [-0.3, -0.25) is 9.69 Å². The zero-order valence-corrected chi connectivity index (χ0v) is 14.1. The van der Waals surface area contributed by atoms with Crippen LogP contribution in [0.2, 0.25) is 0 Å². The molecule has 4 nitrogen and oxygen atoms in total. The molecule has 0 aromatic carbocycles. The molecule has 0 amide bonds. The Morgan fingerprint density at radius 1 is 0.952 bits per heavy atom. The first-order valence-corrected chi connectivity index (χ1v) is 8.83. The van der Waals surface area contributed by atoms with Crippen LogP contribution in [0.3, 0.4) is 0 Å². The molecule has 1 unspecified atom stereocenters. The number of nitrogens with two attached hydrogens (primary N) is 1. The molecule has 0 saturated heterocycles. The number of nitrogens with zero attached hydrogens (tertiary/aromatic N) is 1. The molecule has 21 heavy (non-hydrogen) atoms. The minimum atomic E-state index is -0.786. The lowest BCUT2D eigenvalue weighted by Gasteiger charge is -2.26. The Bertz CT molecular complexity index is 247. The van der Waals surface area contributed by atoms with Crippen molar-refractivity contribution in [2.24, 2.45) is 5.73 Å². The summed E-state index contributed by atoms with van der Waals surface area (Å²) in [5.74, 6) is -0.786. The third-order valence-corrected chi connectivity index (χ3v) is 4.02. The van der Waals surface area contributed by atoms with Crippen molar-refractivity contribution in [3.8, 4) is 0 Å². The lowest BCUT2D eigenvalue weighted by molar-refractivity contribution is -0.139. The van der Waals surface area contributed by atoms with Gasteiger partial charge in [-0.1, -0.05) is 71.6 Å². The molecule has 0 rings (SSSR count). The maximum atomic E-state index is 10.8. The van der Waals surface area contributed by atoms with Crippen LogP contribution in [0.25, 0.3) is 0 Å². The van der Waals surface area contributed by atoms with Crippen LogP contribution in [-0.4, -0.2) is 35.2 Å². The van der Waals surface area contributed by atoms with Crippen molar-refractivity contribution >= 4 is 5.97 Å². The Morgan fingerprint density at radius 2 is 1.43 bits per heavy atom. The molecule has 0 saturated carbocycles. The summed E-state index contributed by atoms with van der Waals surface area (Å²) in [6.45, 7) is 5.11. The van der Waals surface area contributed by atoms with Gasteiger partial charge in [-0.15, -0.1) is 0 Å². The summed E-state index contributed by atoms with van der Waals surface area (Å²) in [6.07, 6.45) is 13.6. The molecule has 3 N–H and O–H groups in total. The van der Waals surface area contributed by atoms with E-state index in [2.05, 4.69) is 6.92 Å². The van der Waals surface area contributed by atoms with Gasteiger partial charge in [0.15, 0.2) is 0 Å². The molecule has 0 fully saturated rings. The summed E-state index contributed by atoms with van der Waals surface area (Å²) < 4.78 is 0. The van der Waals surface area contributed by atoms with Crippen LogP contribution in [0.1, 0.15) is 84.5 Å². The Morgan fingerprint density at radius 3 is 1.86 bits per heavy atom. The largest absolute Gasteiger partial charge is 0.480 e. The molecule has 0 aliphatic heterocycles. The summed E-state index contributed by atoms with van der Waals surface area (Å²) >= 11 is 0. The molecule has 126 valence electrons. The molecule has 0 aliphatic rings. The van der Waals surface area contributed by atoms with Crippen LogP contribution in [0, 0.1) is 0 Å². The minimum absolute atomic E-state index is 0.0619. The number of carboxylic acids is 1. The first-order valence-electron chi connectivity index (χ1n) is 8.83. The lowest BCUT2D eigenvalue weighted by atomic mass is 10.1. The van der Waals surface area contributed by atoms with Crippen molar-refractivity contribution in [1.29, 1.82) is 0 Å². The number of hydrogen-bond acceptors (Lipinski definition) is 3. The van der Waals surface area contributed by atoms with Crippen LogP contribution in [0.5, 0.6) is 0 Å². The van der Waals surface area contributed by atoms with E-state index in [4.69, 9.17) is 10.8 Å². The first-order chi connectivity index (χ1) is 10.1. The Balaban J connectivity index is 3.51. The van der Waals surface area contributed by atoms with Crippen LogP contribution >= 0.6 is 0 Å². The molecule has 0 aliphatic carbocycles. The number of carboxylic acid groups (broad SMARTS) is 1. The van der Waals surface area contributed by atoms with E-state index >= 15 is 0 Å². The average Bonchev–Trinajstić information content (AvgIpc) is 2.46. The zero-order chi connectivity index (χ0) is 15.9. The number of unbranched alkanes of at least 4 members (excludes halogenated alkanes) is 9. The number of carbonyl (C=O) groups is 1. The van der Waals surface area contributed by atoms with E-state index in [0.717, 1.165) is 19.4 Å². The predicted octanol–water partition coefficient (Wildman–Crippen LogP) is 3.99. The van der Waals surface area contributed by atoms with Crippen molar-refractivity contribution in [2.45, 2.75) is 90.6 Å². The van der Waals surface area contributed by atoms with Crippen molar-refractivity contribution in [1.82, 2.24) is 4.90 Å². The highest BCUT2D eigenvalue weighted by Gasteiger charge is 2.14. The molecule has 0 spiro atoms. The Labute approximate surface area is 131 Å². The van der Waals surface area contributed by atoms with E-state index < -0.39 is 5.97 Å². The molecule has 0 aromatic rings. The Kier molecular flexibility index (Phi) is 13.9. The third-order valence-electron chi connectivity index (χ3n) is 4.02. The molecule has 0 radical (unpaired) electrons. The normalized spacial score (nSPS) is 12.8. The highest BCUT2D eigenvalue weighted by molar-refractivity contribution is 5.69. The van der Waals surface area contributed by atoms with Gasteiger partial charge in [-0.05, 0) is 12.8 Å². The second-order valence-corrected chi connectivity index (χ2v) is 6.02. The molecule has 0 aromatic heterocycles. The van der Waals surface area contributed by atoms with E-state index in [9.17, 15) is 4.79 Å². The minimum Gasteiger partial charge on any atom is -0.480 e. The molecular weight excluding hydrogens is 264 g/mol. The fourth-order valence-corrected chi connectivity index (χ4v) is 2.60. The third kappa shape index (κ3) is 12.8. The summed E-state index contributed by atoms with van der Waals surface area (Å²) in [5.41, 5.74) is 5.95. The number of rotatable bonds is 15. The SMILES string of the molecule is CCCCCCCCCCCCN(CC(=O)O)C(N)CC. The fraction of sp³-hybridized carbons (Fsp3) is 0.941. The lowest BCUT2D eigenvalue weighted by Crippen LogP contribution is -2.44. The van der Waals surface area contributed by atoms with Gasteiger partial charge >= 0.3 is 5.97 Å². The smallest absolute Gasteiger partial charge is 0.317 e. The van der Waals surface area contributed by atoms with Crippen LogP contribution in [0.15, 0.2) is 0 Å². The summed E-state index contributed by atoms with van der Waals surface area (Å²) in [7, 11) is 0. The predicted molar refractivity (Wildman–Crippen MR) is 89.3 cm³/mol. The van der Waals surface area contributed by atoms with Crippen LogP contribution < -0.4 is 5.73 Å². The number of aliphatic carboxylic acids is 1. The average molecular weight is 300 g/mol. The van der Waals surface area contributed by atoms with E-state index in [1.807, 2.05) is 11.8 Å². The van der Waals surface area contributed by atoms with Gasteiger partial charge in [-0.25, -0.2) is 0 Å². The topological polar surface area (TPSA) is 66.6 Å². The second-order valence-electron chi connectivity index (χ2n) is 6.02. The van der Waals surface area contributed by atoms with Crippen LogP contribution in [-0.2, 0) is 4.79 Å². The van der Waals surface area contributed by atoms with E-state index in [1.54, 1.807) is 0 Å². The maximum Gasteiger partial charge on any atom is 0.317 e. The highest BCUT2D eigenvalue weighted by atomic mass is 16.4. The fourth-order valence-electron chi connectivity index (χ4n) is 2.60. The standard InChI is InChI=1S/C17H36N2O2/c1-3-5-6-7-8-9-10-11-12-13-14-19(15-17(20)21)16(18)4-2/h16H,3-15,18H2,1-2H3,(H,20,21). The molecule has 1 atom stereocenters. The highest BCUT2D eigenvalue weighted by Crippen LogP contribution is 2.11. The monoisotopic (exact) mass is 300 g/mol. The zero-order valence-electron chi connectivity index (χ0n) is 14.1. The van der Waals surface area contributed by atoms with Crippen molar-refractivity contribution in [3.05, 3.63) is 0 Å². The van der Waals surface area contributed by atoms with Gasteiger partial charge in [0, 0.05) is 6.54 Å². The van der Waals surface area contributed by atoms with Gasteiger partial charge in [0.05, 0.1) is 12.7 Å². The summed E-state index contributed by atoms with van der Waals surface area (Å²) in [4.78, 5) is 12.7. The van der Waals surface area contributed by atoms with Gasteiger partial charge < -0.3 is 10.8 Å². The van der Waals surface area contributed by atoms with E-state index in [1.165, 1.54) is 57.8 Å². The van der Waals surface area contributed by atoms with Crippen LogP contribution in [0.4, 0.5) is 0 Å². The molecule has 4 heteroatoms. The van der Waals surface area contributed by atoms with E-state index in [-0.39, 0.29) is 12.7 Å². The maximum absolute atomic E-state index is 10.8. The summed E-state index contributed by atoms with van der Waals surface area (Å²) in [5, 5.41) is 8.89. The van der Waals surface area contributed by atoms with Gasteiger partial charge in [0.2, 0.25) is 0 Å². The Hall–Kier alpha value is -0.610. The van der Waals surface area contributed by atoms with Crippen molar-refractivity contribution < 1.29 is 9.90 Å². The van der Waals surface area contributed by atoms with Gasteiger partial charge in [-0.2, -0.15) is 0 Å². The van der Waals surface area contributed by atoms with Gasteiger partial charge in [0.25, 0.3) is 0 Å².